The summed E-state index contributed by atoms with van der Waals surface area (Å²) in [5.41, 5.74) is 20.3. The third-order valence-corrected chi connectivity index (χ3v) is 18.7. The van der Waals surface area contributed by atoms with E-state index in [2.05, 4.69) is 337 Å². The highest BCUT2D eigenvalue weighted by atomic mass is 16.3. The number of nitrogens with zero attached hydrogens (tertiary/aromatic N) is 2. The summed E-state index contributed by atoms with van der Waals surface area (Å²) < 4.78 is 14.5. The van der Waals surface area contributed by atoms with Crippen LogP contribution in [-0.2, 0) is 5.41 Å². The van der Waals surface area contributed by atoms with Crippen LogP contribution in [-0.4, -0.2) is 0 Å². The van der Waals surface area contributed by atoms with Gasteiger partial charge in [-0.15, -0.1) is 0 Å². The average Bonchev–Trinajstić information content (AvgIpc) is 1.56. The summed E-state index contributed by atoms with van der Waals surface area (Å²) in [6.07, 6.45) is 0. The van der Waals surface area contributed by atoms with Gasteiger partial charge in [0, 0.05) is 55.1 Å². The van der Waals surface area contributed by atoms with Gasteiger partial charge in [-0.3, -0.25) is 0 Å². The van der Waals surface area contributed by atoms with Gasteiger partial charge in [0.05, 0.1) is 22.5 Å². The minimum atomic E-state index is -0.830. The number of furan rings is 2. The Bertz CT molecular complexity index is 5560. The molecule has 0 saturated carbocycles. The number of hydrogen-bond acceptors (Lipinski definition) is 4. The van der Waals surface area contributed by atoms with Crippen LogP contribution >= 0.6 is 0 Å². The van der Waals surface area contributed by atoms with E-state index in [-0.39, 0.29) is 0 Å². The molecule has 0 saturated heterocycles. The molecule has 2 aromatic heterocycles. The smallest absolute Gasteiger partial charge is 0.159 e. The monoisotopic (exact) mass is 1130 g/mol. The van der Waals surface area contributed by atoms with Crippen LogP contribution in [0, 0.1) is 0 Å². The van der Waals surface area contributed by atoms with Crippen molar-refractivity contribution in [2.24, 2.45) is 0 Å². The molecule has 0 fully saturated rings. The summed E-state index contributed by atoms with van der Waals surface area (Å²) >= 11 is 0. The molecule has 15 aromatic carbocycles. The molecular weight excluding hydrogens is 1080 g/mol. The van der Waals surface area contributed by atoms with Crippen molar-refractivity contribution in [2.75, 3.05) is 9.80 Å². The SMILES string of the molecule is c1ccc(-c2cccc3c2oc2c(N(c4ccccc4)c4ccc5c6c(c7ccccc7c5c4)-c4c(cc(N(c5ccccc5)c5cccc7c5oc5c(-c8ccccc8)cccc57)c5ccccc45)C6(c4ccccc4)c4ccccc4)cccc23)cc1. The first-order valence-electron chi connectivity index (χ1n) is 30.6. The molecule has 0 radical (unpaired) electrons. The maximum atomic E-state index is 7.31. The van der Waals surface area contributed by atoms with Crippen LogP contribution in [0.25, 0.3) is 110 Å². The first-order chi connectivity index (χ1) is 44.2. The first kappa shape index (κ1) is 50.6. The van der Waals surface area contributed by atoms with E-state index in [4.69, 9.17) is 8.83 Å². The van der Waals surface area contributed by atoms with Crippen LogP contribution in [0.3, 0.4) is 0 Å². The second-order valence-corrected chi connectivity index (χ2v) is 23.3. The Morgan fingerprint density at radius 3 is 1.17 bits per heavy atom. The predicted octanol–water partition coefficient (Wildman–Crippen LogP) is 23.6. The Morgan fingerprint density at radius 1 is 0.236 bits per heavy atom. The quantitative estimate of drug-likeness (QED) is 0.128. The molecule has 0 aliphatic heterocycles. The van der Waals surface area contributed by atoms with Crippen LogP contribution in [0.15, 0.2) is 336 Å². The number of fused-ring (bicyclic) bond motifs is 16. The number of para-hydroxylation sites is 6. The van der Waals surface area contributed by atoms with Gasteiger partial charge < -0.3 is 18.6 Å². The van der Waals surface area contributed by atoms with Crippen molar-refractivity contribution in [3.05, 3.63) is 350 Å². The Morgan fingerprint density at radius 2 is 0.640 bits per heavy atom. The lowest BCUT2D eigenvalue weighted by Crippen LogP contribution is -2.29. The molecular formula is C85H54N2O2. The van der Waals surface area contributed by atoms with Gasteiger partial charge in [0.25, 0.3) is 0 Å². The molecule has 1 aliphatic carbocycles. The molecule has 0 atom stereocenters. The lowest BCUT2D eigenvalue weighted by molar-refractivity contribution is 0.670. The fourth-order valence-electron chi connectivity index (χ4n) is 15.0. The molecule has 416 valence electrons. The lowest BCUT2D eigenvalue weighted by Gasteiger charge is -2.36. The normalized spacial score (nSPS) is 12.6. The van der Waals surface area contributed by atoms with Crippen molar-refractivity contribution in [3.63, 3.8) is 0 Å². The van der Waals surface area contributed by atoms with Gasteiger partial charge in [-0.1, -0.05) is 273 Å². The van der Waals surface area contributed by atoms with Crippen LogP contribution in [0.2, 0.25) is 0 Å². The summed E-state index contributed by atoms with van der Waals surface area (Å²) in [4.78, 5) is 4.83. The van der Waals surface area contributed by atoms with Gasteiger partial charge in [0.2, 0.25) is 0 Å². The number of hydrogen-bond donors (Lipinski definition) is 0. The van der Waals surface area contributed by atoms with Crippen LogP contribution in [0.1, 0.15) is 22.3 Å². The zero-order chi connectivity index (χ0) is 58.6. The van der Waals surface area contributed by atoms with E-state index >= 15 is 0 Å². The maximum absolute atomic E-state index is 7.31. The summed E-state index contributed by atoms with van der Waals surface area (Å²) in [6, 6.07) is 119. The third-order valence-electron chi connectivity index (χ3n) is 18.7. The standard InChI is InChI=1S/C85H54N2O2/c1-7-27-55(28-8-1)62-43-23-45-69-71-47-25-49-75(83(71)88-81(62)69)86(59-35-15-5-16-36-59)61-51-52-68-73(53-61)64-39-19-21-41-66(64)79-78-67-42-22-20-40-65(67)77(54-74(78)85(80(68)79,57-31-11-3-12-32-57)58-33-13-4-14-34-58)87(60-37-17-6-18-38-60)76-50-26-48-72-70-46-24-44-63(82(70)89-84(72)76)56-29-9-2-10-30-56/h1-54H. The Hall–Kier alpha value is -11.7. The molecule has 0 unspecified atom stereocenters. The predicted molar refractivity (Wildman–Crippen MR) is 371 cm³/mol. The molecule has 4 heteroatoms. The zero-order valence-corrected chi connectivity index (χ0v) is 48.4. The summed E-state index contributed by atoms with van der Waals surface area (Å²) in [6.45, 7) is 0. The van der Waals surface area contributed by atoms with Gasteiger partial charge in [-0.25, -0.2) is 0 Å². The summed E-state index contributed by atoms with van der Waals surface area (Å²) in [5, 5.41) is 11.3. The van der Waals surface area contributed by atoms with Crippen LogP contribution < -0.4 is 9.80 Å². The molecule has 89 heavy (non-hydrogen) atoms. The average molecular weight is 1140 g/mol. The van der Waals surface area contributed by atoms with E-state index in [1.807, 2.05) is 0 Å². The molecule has 1 aliphatic rings. The van der Waals surface area contributed by atoms with E-state index < -0.39 is 5.41 Å². The van der Waals surface area contributed by atoms with Crippen molar-refractivity contribution in [2.45, 2.75) is 5.41 Å². The fraction of sp³-hybridized carbons (Fsp3) is 0.0118. The molecule has 0 amide bonds. The van der Waals surface area contributed by atoms with Crippen LogP contribution in [0.4, 0.5) is 34.1 Å². The second-order valence-electron chi connectivity index (χ2n) is 23.3. The van der Waals surface area contributed by atoms with Crippen molar-refractivity contribution in [1.82, 2.24) is 0 Å². The molecule has 4 nitrogen and oxygen atoms in total. The number of rotatable bonds is 10. The van der Waals surface area contributed by atoms with E-state index in [0.717, 1.165) is 111 Å². The third kappa shape index (κ3) is 7.60. The van der Waals surface area contributed by atoms with Gasteiger partial charge in [0.1, 0.15) is 11.2 Å². The van der Waals surface area contributed by atoms with Gasteiger partial charge >= 0.3 is 0 Å². The summed E-state index contributed by atoms with van der Waals surface area (Å²) in [7, 11) is 0. The topological polar surface area (TPSA) is 32.8 Å². The van der Waals surface area contributed by atoms with E-state index in [1.165, 1.54) is 54.9 Å². The lowest BCUT2D eigenvalue weighted by atomic mass is 9.66. The minimum absolute atomic E-state index is 0.825. The Balaban J connectivity index is 0.930. The highest BCUT2D eigenvalue weighted by Gasteiger charge is 2.49. The number of benzene rings is 15. The van der Waals surface area contributed by atoms with Gasteiger partial charge in [-0.05, 0) is 126 Å². The van der Waals surface area contributed by atoms with E-state index in [1.54, 1.807) is 0 Å². The van der Waals surface area contributed by atoms with Crippen molar-refractivity contribution in [1.29, 1.82) is 0 Å². The molecule has 18 rings (SSSR count). The molecule has 2 heterocycles. The van der Waals surface area contributed by atoms with Crippen molar-refractivity contribution in [3.8, 4) is 33.4 Å². The van der Waals surface area contributed by atoms with Crippen molar-refractivity contribution < 1.29 is 8.83 Å². The first-order valence-corrected chi connectivity index (χ1v) is 30.6. The molecule has 0 N–H and O–H groups in total. The highest BCUT2D eigenvalue weighted by molar-refractivity contribution is 6.25. The van der Waals surface area contributed by atoms with E-state index in [0.29, 0.717) is 0 Å². The fourth-order valence-corrected chi connectivity index (χ4v) is 15.0. The van der Waals surface area contributed by atoms with Gasteiger partial charge in [-0.2, -0.15) is 0 Å². The number of anilines is 6. The van der Waals surface area contributed by atoms with Crippen LogP contribution in [0.5, 0.6) is 0 Å². The zero-order valence-electron chi connectivity index (χ0n) is 48.4. The minimum Gasteiger partial charge on any atom is -0.453 e. The highest BCUT2D eigenvalue weighted by Crippen LogP contribution is 2.64. The second kappa shape index (κ2) is 20.2. The summed E-state index contributed by atoms with van der Waals surface area (Å²) in [5.74, 6) is 0. The molecule has 0 bridgehead atoms. The largest absolute Gasteiger partial charge is 0.453 e. The van der Waals surface area contributed by atoms with Crippen molar-refractivity contribution >= 4 is 110 Å². The molecule has 17 aromatic rings. The maximum Gasteiger partial charge on any atom is 0.159 e. The Kier molecular flexibility index (Phi) is 11.5. The van der Waals surface area contributed by atoms with Gasteiger partial charge in [0.15, 0.2) is 11.2 Å². The molecule has 0 spiro atoms. The van der Waals surface area contributed by atoms with E-state index in [9.17, 15) is 0 Å². The Labute approximate surface area is 514 Å².